The molecule has 1 fully saturated rings. The lowest BCUT2D eigenvalue weighted by molar-refractivity contribution is -0.146. The van der Waals surface area contributed by atoms with Crippen LogP contribution in [0.3, 0.4) is 0 Å². The summed E-state index contributed by atoms with van der Waals surface area (Å²) in [6, 6.07) is 26.3. The van der Waals surface area contributed by atoms with Gasteiger partial charge in [0, 0.05) is 12.1 Å². The molecule has 4 aromatic rings. The van der Waals surface area contributed by atoms with Crippen LogP contribution in [-0.2, 0) is 22.7 Å². The first-order chi connectivity index (χ1) is 17.6. The highest BCUT2D eigenvalue weighted by Crippen LogP contribution is 2.27. The second-order valence-corrected chi connectivity index (χ2v) is 9.05. The molecular weight excluding hydrogens is 452 g/mol. The Bertz CT molecular complexity index is 1300. The Morgan fingerprint density at radius 1 is 0.972 bits per heavy atom. The summed E-state index contributed by atoms with van der Waals surface area (Å²) in [4.78, 5) is 18.8. The number of ether oxygens (including phenoxy) is 2. The normalized spacial score (nSPS) is 15.7. The van der Waals surface area contributed by atoms with Gasteiger partial charge in [0.05, 0.1) is 7.11 Å². The van der Waals surface area contributed by atoms with Crippen LogP contribution in [-0.4, -0.2) is 35.5 Å². The molecule has 0 radical (unpaired) electrons. The van der Waals surface area contributed by atoms with Crippen LogP contribution in [0.15, 0.2) is 83.3 Å². The smallest absolute Gasteiger partial charge is 0.323 e. The predicted octanol–water partition coefficient (Wildman–Crippen LogP) is 6.03. The van der Waals surface area contributed by atoms with Gasteiger partial charge in [-0.15, -0.1) is 0 Å². The maximum Gasteiger partial charge on any atom is 0.323 e. The van der Waals surface area contributed by atoms with Gasteiger partial charge >= 0.3 is 5.97 Å². The molecule has 6 heteroatoms. The first-order valence-corrected chi connectivity index (χ1v) is 12.3. The molecule has 0 bridgehead atoms. The first-order valence-electron chi connectivity index (χ1n) is 12.3. The van der Waals surface area contributed by atoms with Crippen molar-refractivity contribution in [1.29, 1.82) is 0 Å². The molecule has 1 saturated heterocycles. The molecule has 6 nitrogen and oxygen atoms in total. The monoisotopic (exact) mass is 482 g/mol. The molecule has 2 heterocycles. The Labute approximate surface area is 211 Å². The summed E-state index contributed by atoms with van der Waals surface area (Å²) in [5, 5.41) is 0. The predicted molar refractivity (Wildman–Crippen MR) is 138 cm³/mol. The molecule has 1 aliphatic heterocycles. The number of benzene rings is 3. The number of methoxy groups -OCH3 is 1. The third kappa shape index (κ3) is 5.34. The lowest BCUT2D eigenvalue weighted by Gasteiger charge is -2.22. The van der Waals surface area contributed by atoms with Crippen LogP contribution in [0.1, 0.15) is 29.9 Å². The molecule has 3 aromatic carbocycles. The standard InChI is InChI=1S/C30H30N2O4/c1-21-27(31-29(36-21)25-14-12-24(13-15-25)23-7-4-3-5-8-23)20-35-26-16-10-22(11-17-26)19-32-18-6-9-28(32)30(33)34-2/h3-5,7-8,10-17,28H,6,9,18-20H2,1-2H3. The molecule has 5 rings (SSSR count). The Balaban J connectivity index is 1.19. The largest absolute Gasteiger partial charge is 0.487 e. The quantitative estimate of drug-likeness (QED) is 0.286. The lowest BCUT2D eigenvalue weighted by atomic mass is 10.0. The minimum absolute atomic E-state index is 0.148. The van der Waals surface area contributed by atoms with E-state index in [0.717, 1.165) is 59.8 Å². The number of nitrogens with zero attached hydrogens (tertiary/aromatic N) is 2. The fourth-order valence-corrected chi connectivity index (χ4v) is 4.62. The van der Waals surface area contributed by atoms with Crippen LogP contribution in [0.25, 0.3) is 22.6 Å². The van der Waals surface area contributed by atoms with E-state index >= 15 is 0 Å². The number of likely N-dealkylation sites (tertiary alicyclic amines) is 1. The molecule has 36 heavy (non-hydrogen) atoms. The molecule has 0 N–H and O–H groups in total. The van der Waals surface area contributed by atoms with Gasteiger partial charge in [-0.3, -0.25) is 9.69 Å². The van der Waals surface area contributed by atoms with Crippen molar-refractivity contribution in [2.45, 2.75) is 39.0 Å². The van der Waals surface area contributed by atoms with E-state index in [-0.39, 0.29) is 12.0 Å². The van der Waals surface area contributed by atoms with E-state index in [1.54, 1.807) is 0 Å². The van der Waals surface area contributed by atoms with E-state index in [0.29, 0.717) is 12.5 Å². The van der Waals surface area contributed by atoms with Crippen LogP contribution in [0.5, 0.6) is 5.75 Å². The molecule has 0 amide bonds. The third-order valence-electron chi connectivity index (χ3n) is 6.65. The molecule has 0 spiro atoms. The summed E-state index contributed by atoms with van der Waals surface area (Å²) in [6.45, 7) is 3.85. The summed E-state index contributed by atoms with van der Waals surface area (Å²) in [5.41, 5.74) is 5.17. The second-order valence-electron chi connectivity index (χ2n) is 9.05. The average Bonchev–Trinajstić information content (AvgIpc) is 3.54. The van der Waals surface area contributed by atoms with Crippen LogP contribution in [0.4, 0.5) is 0 Å². The van der Waals surface area contributed by atoms with Crippen LogP contribution < -0.4 is 4.74 Å². The lowest BCUT2D eigenvalue weighted by Crippen LogP contribution is -2.36. The van der Waals surface area contributed by atoms with Crippen molar-refractivity contribution >= 4 is 5.97 Å². The van der Waals surface area contributed by atoms with Crippen molar-refractivity contribution < 1.29 is 18.7 Å². The van der Waals surface area contributed by atoms with Crippen molar-refractivity contribution in [2.75, 3.05) is 13.7 Å². The SMILES string of the molecule is COC(=O)C1CCCN1Cc1ccc(OCc2nc(-c3ccc(-c4ccccc4)cc3)oc2C)cc1. The Morgan fingerprint density at radius 3 is 2.39 bits per heavy atom. The summed E-state index contributed by atoms with van der Waals surface area (Å²) in [7, 11) is 1.45. The van der Waals surface area contributed by atoms with Gasteiger partial charge < -0.3 is 13.9 Å². The number of aryl methyl sites for hydroxylation is 1. The first kappa shape index (κ1) is 23.8. The second kappa shape index (κ2) is 10.8. The highest BCUT2D eigenvalue weighted by atomic mass is 16.5. The molecular formula is C30H30N2O4. The maximum atomic E-state index is 12.0. The number of hydrogen-bond acceptors (Lipinski definition) is 6. The van der Waals surface area contributed by atoms with Gasteiger partial charge in [0.25, 0.3) is 0 Å². The van der Waals surface area contributed by atoms with Gasteiger partial charge in [-0.05, 0) is 67.3 Å². The van der Waals surface area contributed by atoms with E-state index in [1.807, 2.05) is 61.5 Å². The number of carbonyl (C=O) groups excluding carboxylic acids is 1. The van der Waals surface area contributed by atoms with Crippen molar-refractivity contribution in [2.24, 2.45) is 0 Å². The van der Waals surface area contributed by atoms with Gasteiger partial charge in [0.2, 0.25) is 5.89 Å². The summed E-state index contributed by atoms with van der Waals surface area (Å²) in [6.07, 6.45) is 1.86. The highest BCUT2D eigenvalue weighted by molar-refractivity contribution is 5.76. The number of aromatic nitrogens is 1. The zero-order valence-corrected chi connectivity index (χ0v) is 20.6. The Hall–Kier alpha value is -3.90. The Morgan fingerprint density at radius 2 is 1.67 bits per heavy atom. The van der Waals surface area contributed by atoms with Crippen molar-refractivity contribution in [3.63, 3.8) is 0 Å². The average molecular weight is 483 g/mol. The third-order valence-corrected chi connectivity index (χ3v) is 6.65. The molecule has 1 unspecified atom stereocenters. The van der Waals surface area contributed by atoms with Gasteiger partial charge in [-0.25, -0.2) is 4.98 Å². The number of oxazole rings is 1. The number of rotatable bonds is 8. The minimum Gasteiger partial charge on any atom is -0.487 e. The summed E-state index contributed by atoms with van der Waals surface area (Å²) in [5.74, 6) is 1.95. The molecule has 184 valence electrons. The topological polar surface area (TPSA) is 64.8 Å². The van der Waals surface area contributed by atoms with Crippen LogP contribution in [0, 0.1) is 6.92 Å². The van der Waals surface area contributed by atoms with Gasteiger partial charge in [0.15, 0.2) is 0 Å². The van der Waals surface area contributed by atoms with E-state index in [9.17, 15) is 4.79 Å². The van der Waals surface area contributed by atoms with E-state index in [4.69, 9.17) is 13.9 Å². The molecule has 0 saturated carbocycles. The zero-order valence-electron chi connectivity index (χ0n) is 20.6. The van der Waals surface area contributed by atoms with Gasteiger partial charge in [-0.1, -0.05) is 54.6 Å². The molecule has 1 atom stereocenters. The van der Waals surface area contributed by atoms with E-state index in [1.165, 1.54) is 12.7 Å². The van der Waals surface area contributed by atoms with Gasteiger partial charge in [0.1, 0.15) is 29.9 Å². The summed E-state index contributed by atoms with van der Waals surface area (Å²) < 4.78 is 16.9. The number of hydrogen-bond donors (Lipinski definition) is 0. The Kier molecular flexibility index (Phi) is 7.14. The van der Waals surface area contributed by atoms with Gasteiger partial charge in [-0.2, -0.15) is 0 Å². The fraction of sp³-hybridized carbons (Fsp3) is 0.267. The van der Waals surface area contributed by atoms with Crippen LogP contribution in [0.2, 0.25) is 0 Å². The molecule has 0 aliphatic carbocycles. The van der Waals surface area contributed by atoms with Crippen molar-refractivity contribution in [3.05, 3.63) is 95.9 Å². The maximum absolute atomic E-state index is 12.0. The van der Waals surface area contributed by atoms with Crippen LogP contribution >= 0.6 is 0 Å². The van der Waals surface area contributed by atoms with E-state index < -0.39 is 0 Å². The molecule has 1 aliphatic rings. The summed E-state index contributed by atoms with van der Waals surface area (Å²) >= 11 is 0. The zero-order chi connectivity index (χ0) is 24.9. The number of carbonyl (C=O) groups is 1. The minimum atomic E-state index is -0.151. The molecule has 1 aromatic heterocycles. The fourth-order valence-electron chi connectivity index (χ4n) is 4.62. The number of esters is 1. The van der Waals surface area contributed by atoms with Crippen molar-refractivity contribution in [3.8, 4) is 28.3 Å². The highest BCUT2D eigenvalue weighted by Gasteiger charge is 2.31. The van der Waals surface area contributed by atoms with E-state index in [2.05, 4.69) is 34.1 Å². The van der Waals surface area contributed by atoms with Crippen molar-refractivity contribution in [1.82, 2.24) is 9.88 Å².